The Morgan fingerprint density at radius 2 is 1.77 bits per heavy atom. The Bertz CT molecular complexity index is 564. The highest BCUT2D eigenvalue weighted by atomic mass is 16.5. The summed E-state index contributed by atoms with van der Waals surface area (Å²) in [6, 6.07) is 7.04. The molecule has 1 aromatic rings. The minimum atomic E-state index is -0.0896. The second-order valence-electron chi connectivity index (χ2n) is 9.49. The van der Waals surface area contributed by atoms with Crippen LogP contribution in [-0.2, 0) is 22.4 Å². The van der Waals surface area contributed by atoms with E-state index in [1.54, 1.807) is 0 Å². The number of aryl methyl sites for hydroxylation is 3. The largest absolute Gasteiger partial charge is 0.461 e. The van der Waals surface area contributed by atoms with Crippen molar-refractivity contribution in [3.63, 3.8) is 0 Å². The molecular weight excluding hydrogens is 320 g/mol. The normalized spacial score (nSPS) is 15.7. The maximum absolute atomic E-state index is 10.5. The lowest BCUT2D eigenvalue weighted by molar-refractivity contribution is -0.135. The van der Waals surface area contributed by atoms with Crippen LogP contribution in [0.3, 0.4) is 0 Å². The number of hydrogen-bond donors (Lipinski definition) is 0. The van der Waals surface area contributed by atoms with E-state index in [-0.39, 0.29) is 5.60 Å². The van der Waals surface area contributed by atoms with Crippen LogP contribution >= 0.6 is 0 Å². The highest BCUT2D eigenvalue weighted by Gasteiger charge is 2.44. The summed E-state index contributed by atoms with van der Waals surface area (Å²) in [5, 5.41) is 0. The Labute approximate surface area is 160 Å². The molecule has 2 nitrogen and oxygen atoms in total. The maximum atomic E-state index is 10.5. The van der Waals surface area contributed by atoms with Gasteiger partial charge in [-0.25, -0.2) is 0 Å². The van der Waals surface area contributed by atoms with Crippen molar-refractivity contribution in [1.29, 1.82) is 0 Å². The molecule has 1 fully saturated rings. The molecule has 0 N–H and O–H groups in total. The summed E-state index contributed by atoms with van der Waals surface area (Å²) in [4.78, 5) is 10.5. The fourth-order valence-electron chi connectivity index (χ4n) is 3.79. The van der Waals surface area contributed by atoms with Gasteiger partial charge in [0.2, 0.25) is 0 Å². The highest BCUT2D eigenvalue weighted by molar-refractivity contribution is 5.39. The summed E-state index contributed by atoms with van der Waals surface area (Å²) in [7, 11) is 0. The number of benzene rings is 1. The lowest BCUT2D eigenvalue weighted by Gasteiger charge is -2.17. The molecule has 0 atom stereocenters. The molecule has 2 heteroatoms. The van der Waals surface area contributed by atoms with Gasteiger partial charge in [-0.3, -0.25) is 4.79 Å². The summed E-state index contributed by atoms with van der Waals surface area (Å²) < 4.78 is 5.22. The maximum Gasteiger partial charge on any atom is 0.293 e. The van der Waals surface area contributed by atoms with Gasteiger partial charge in [0.05, 0.1) is 0 Å². The van der Waals surface area contributed by atoms with Gasteiger partial charge < -0.3 is 4.74 Å². The fraction of sp³-hybridized carbons (Fsp3) is 0.708. The van der Waals surface area contributed by atoms with Crippen LogP contribution in [0.2, 0.25) is 0 Å². The van der Waals surface area contributed by atoms with Crippen molar-refractivity contribution in [2.24, 2.45) is 5.41 Å². The van der Waals surface area contributed by atoms with E-state index in [2.05, 4.69) is 45.9 Å². The van der Waals surface area contributed by atoms with Crippen molar-refractivity contribution in [3.8, 4) is 0 Å². The molecule has 0 bridgehead atoms. The average molecular weight is 359 g/mol. The lowest BCUT2D eigenvalue weighted by atomic mass is 9.89. The number of carbonyl (C=O) groups is 1. The molecule has 26 heavy (non-hydrogen) atoms. The van der Waals surface area contributed by atoms with Gasteiger partial charge in [-0.1, -0.05) is 51.8 Å². The standard InChI is InChI=1S/C24H38O2/c1-20-18-21(10-6-5-8-14-23(2,3)4)12-13-22(20)11-7-9-15-24(16-17-24)26-19-25/h12-13,18-19H,5-11,14-17H2,1-4H3. The van der Waals surface area contributed by atoms with Crippen molar-refractivity contribution < 1.29 is 9.53 Å². The quantitative estimate of drug-likeness (QED) is 0.312. The molecule has 1 aliphatic carbocycles. The second-order valence-corrected chi connectivity index (χ2v) is 9.49. The minimum Gasteiger partial charge on any atom is -0.461 e. The van der Waals surface area contributed by atoms with E-state index in [1.165, 1.54) is 55.2 Å². The van der Waals surface area contributed by atoms with Gasteiger partial charge in [0, 0.05) is 0 Å². The van der Waals surface area contributed by atoms with Crippen LogP contribution in [0, 0.1) is 12.3 Å². The fourth-order valence-corrected chi connectivity index (χ4v) is 3.79. The first-order valence-electron chi connectivity index (χ1n) is 10.5. The smallest absolute Gasteiger partial charge is 0.293 e. The second kappa shape index (κ2) is 9.58. The molecule has 0 aromatic heterocycles. The van der Waals surface area contributed by atoms with Gasteiger partial charge in [0.1, 0.15) is 5.60 Å². The number of rotatable bonds is 12. The van der Waals surface area contributed by atoms with Gasteiger partial charge in [0.25, 0.3) is 6.47 Å². The Morgan fingerprint density at radius 1 is 1.04 bits per heavy atom. The topological polar surface area (TPSA) is 26.3 Å². The van der Waals surface area contributed by atoms with Crippen molar-refractivity contribution in [1.82, 2.24) is 0 Å². The molecule has 0 spiro atoms. The number of hydrogen-bond acceptors (Lipinski definition) is 2. The molecule has 146 valence electrons. The molecule has 1 aromatic carbocycles. The zero-order valence-electron chi connectivity index (χ0n) is 17.4. The molecule has 0 saturated heterocycles. The molecule has 1 saturated carbocycles. The van der Waals surface area contributed by atoms with Crippen LogP contribution in [0.25, 0.3) is 0 Å². The van der Waals surface area contributed by atoms with Crippen LogP contribution in [0.15, 0.2) is 18.2 Å². The first-order chi connectivity index (χ1) is 12.3. The third kappa shape index (κ3) is 7.51. The number of carbonyl (C=O) groups excluding carboxylic acids is 1. The van der Waals surface area contributed by atoms with Gasteiger partial charge in [-0.15, -0.1) is 0 Å². The van der Waals surface area contributed by atoms with E-state index in [9.17, 15) is 4.79 Å². The summed E-state index contributed by atoms with van der Waals surface area (Å²) in [6.45, 7) is 9.86. The predicted octanol–water partition coefficient (Wildman–Crippen LogP) is 6.56. The van der Waals surface area contributed by atoms with Crippen LogP contribution < -0.4 is 0 Å². The zero-order chi connectivity index (χ0) is 19.0. The van der Waals surface area contributed by atoms with Gasteiger partial charge in [-0.2, -0.15) is 0 Å². The zero-order valence-corrected chi connectivity index (χ0v) is 17.4. The third-order valence-corrected chi connectivity index (χ3v) is 5.73. The van der Waals surface area contributed by atoms with Crippen molar-refractivity contribution in [2.75, 3.05) is 0 Å². The molecule has 0 amide bonds. The van der Waals surface area contributed by atoms with E-state index < -0.39 is 0 Å². The van der Waals surface area contributed by atoms with Crippen LogP contribution in [0.4, 0.5) is 0 Å². The van der Waals surface area contributed by atoms with Crippen LogP contribution in [-0.4, -0.2) is 12.1 Å². The van der Waals surface area contributed by atoms with Crippen molar-refractivity contribution >= 4 is 6.47 Å². The van der Waals surface area contributed by atoms with Gasteiger partial charge in [-0.05, 0) is 86.8 Å². The Kier molecular flexibility index (Phi) is 7.73. The molecule has 1 aliphatic rings. The van der Waals surface area contributed by atoms with E-state index >= 15 is 0 Å². The molecular formula is C24H38O2. The van der Waals surface area contributed by atoms with E-state index in [4.69, 9.17) is 4.74 Å². The third-order valence-electron chi connectivity index (χ3n) is 5.73. The summed E-state index contributed by atoms with van der Waals surface area (Å²) in [5.41, 5.74) is 4.77. The number of unbranched alkanes of at least 4 members (excludes halogenated alkanes) is 3. The minimum absolute atomic E-state index is 0.0896. The first kappa shape index (κ1) is 21.0. The van der Waals surface area contributed by atoms with E-state index in [1.807, 2.05) is 0 Å². The van der Waals surface area contributed by atoms with Crippen molar-refractivity contribution in [3.05, 3.63) is 34.9 Å². The molecule has 0 heterocycles. The summed E-state index contributed by atoms with van der Waals surface area (Å²) in [5.74, 6) is 0. The lowest BCUT2D eigenvalue weighted by Crippen LogP contribution is -2.12. The first-order valence-corrected chi connectivity index (χ1v) is 10.5. The summed E-state index contributed by atoms with van der Waals surface area (Å²) >= 11 is 0. The average Bonchev–Trinajstić information content (AvgIpc) is 3.32. The van der Waals surface area contributed by atoms with Gasteiger partial charge in [0.15, 0.2) is 0 Å². The summed E-state index contributed by atoms with van der Waals surface area (Å²) in [6.07, 6.45) is 13.1. The molecule has 0 radical (unpaired) electrons. The Balaban J connectivity index is 1.65. The van der Waals surface area contributed by atoms with E-state index in [0.717, 1.165) is 32.1 Å². The Hall–Kier alpha value is -1.31. The number of ether oxygens (including phenoxy) is 1. The van der Waals surface area contributed by atoms with Gasteiger partial charge >= 0.3 is 0 Å². The molecule has 0 aliphatic heterocycles. The van der Waals surface area contributed by atoms with Crippen LogP contribution in [0.5, 0.6) is 0 Å². The molecule has 2 rings (SSSR count). The molecule has 0 unspecified atom stereocenters. The Morgan fingerprint density at radius 3 is 2.38 bits per heavy atom. The highest BCUT2D eigenvalue weighted by Crippen LogP contribution is 2.43. The SMILES string of the molecule is Cc1cc(CCCCCC(C)(C)C)ccc1CCCCC1(OC=O)CC1. The van der Waals surface area contributed by atoms with Crippen molar-refractivity contribution in [2.45, 2.75) is 104 Å². The van der Waals surface area contributed by atoms with E-state index in [0.29, 0.717) is 11.9 Å². The van der Waals surface area contributed by atoms with Crippen LogP contribution in [0.1, 0.15) is 95.2 Å². The monoisotopic (exact) mass is 358 g/mol. The predicted molar refractivity (Wildman–Crippen MR) is 109 cm³/mol.